The predicted molar refractivity (Wildman–Crippen MR) is 70.5 cm³/mol. The molecule has 0 saturated carbocycles. The molecule has 0 aliphatic carbocycles. The Bertz CT molecular complexity index is 761. The van der Waals surface area contributed by atoms with Gasteiger partial charge in [-0.3, -0.25) is 0 Å². The second-order valence-electron chi connectivity index (χ2n) is 3.61. The SMILES string of the molecule is O=C(O)c1cc(Br)cc(S(=O)(=O)Nc2ncc[nH]2)c1F. The number of carboxylic acid groups (broad SMARTS) is 1. The summed E-state index contributed by atoms with van der Waals surface area (Å²) in [5.74, 6) is -3.03. The van der Waals surface area contributed by atoms with Crippen molar-refractivity contribution < 1.29 is 22.7 Å². The third-order valence-electron chi connectivity index (χ3n) is 2.25. The number of hydrogen-bond acceptors (Lipinski definition) is 4. The molecule has 0 spiro atoms. The molecule has 2 rings (SSSR count). The van der Waals surface area contributed by atoms with E-state index in [1.165, 1.54) is 12.4 Å². The van der Waals surface area contributed by atoms with Crippen LogP contribution in [0, 0.1) is 5.82 Å². The van der Waals surface area contributed by atoms with E-state index in [0.29, 0.717) is 0 Å². The zero-order valence-corrected chi connectivity index (χ0v) is 12.0. The maximum atomic E-state index is 14.0. The molecular weight excluding hydrogens is 357 g/mol. The van der Waals surface area contributed by atoms with E-state index >= 15 is 0 Å². The molecule has 20 heavy (non-hydrogen) atoms. The largest absolute Gasteiger partial charge is 0.478 e. The lowest BCUT2D eigenvalue weighted by atomic mass is 10.2. The number of aromatic nitrogens is 2. The standard InChI is InChI=1S/C10H7BrFN3O4S/c11-5-3-6(9(16)17)8(12)7(4-5)20(18,19)15-10-13-1-2-14-10/h1-4H,(H,16,17)(H2,13,14,15). The summed E-state index contributed by atoms with van der Waals surface area (Å²) in [6.45, 7) is 0. The highest BCUT2D eigenvalue weighted by molar-refractivity contribution is 9.10. The van der Waals surface area contributed by atoms with Gasteiger partial charge in [-0.2, -0.15) is 0 Å². The molecule has 3 N–H and O–H groups in total. The highest BCUT2D eigenvalue weighted by atomic mass is 79.9. The Kier molecular flexibility index (Phi) is 3.77. The zero-order valence-electron chi connectivity index (χ0n) is 9.59. The van der Waals surface area contributed by atoms with Crippen molar-refractivity contribution in [3.8, 4) is 0 Å². The van der Waals surface area contributed by atoms with Gasteiger partial charge in [0.2, 0.25) is 5.95 Å². The van der Waals surface area contributed by atoms with E-state index in [9.17, 15) is 17.6 Å². The normalized spacial score (nSPS) is 11.3. The molecule has 7 nitrogen and oxygen atoms in total. The average molecular weight is 364 g/mol. The van der Waals surface area contributed by atoms with Gasteiger partial charge in [-0.15, -0.1) is 0 Å². The Hall–Kier alpha value is -1.94. The van der Waals surface area contributed by atoms with E-state index in [0.717, 1.165) is 12.1 Å². The van der Waals surface area contributed by atoms with E-state index in [1.54, 1.807) is 0 Å². The number of nitrogens with one attached hydrogen (secondary N) is 2. The van der Waals surface area contributed by atoms with Gasteiger partial charge in [0.05, 0.1) is 5.56 Å². The fourth-order valence-electron chi connectivity index (χ4n) is 1.42. The van der Waals surface area contributed by atoms with Crippen molar-refractivity contribution in [1.29, 1.82) is 0 Å². The van der Waals surface area contributed by atoms with E-state index in [4.69, 9.17) is 5.11 Å². The van der Waals surface area contributed by atoms with Gasteiger partial charge >= 0.3 is 5.97 Å². The van der Waals surface area contributed by atoms with Crippen LogP contribution in [-0.2, 0) is 10.0 Å². The molecule has 2 aromatic rings. The number of aromatic carboxylic acids is 1. The summed E-state index contributed by atoms with van der Waals surface area (Å²) in [5, 5.41) is 8.84. The van der Waals surface area contributed by atoms with Gasteiger partial charge in [-0.1, -0.05) is 15.9 Å². The molecule has 106 valence electrons. The van der Waals surface area contributed by atoms with Crippen LogP contribution in [0.4, 0.5) is 10.3 Å². The van der Waals surface area contributed by atoms with Gasteiger partial charge in [0, 0.05) is 16.9 Å². The lowest BCUT2D eigenvalue weighted by Crippen LogP contribution is -2.17. The molecule has 0 aliphatic rings. The number of hydrogen-bond donors (Lipinski definition) is 3. The maximum Gasteiger partial charge on any atom is 0.338 e. The molecule has 0 radical (unpaired) electrons. The average Bonchev–Trinajstić information content (AvgIpc) is 2.83. The van der Waals surface area contributed by atoms with Gasteiger partial charge in [-0.25, -0.2) is 27.3 Å². The fourth-order valence-corrected chi connectivity index (χ4v) is 3.13. The van der Waals surface area contributed by atoms with E-state index < -0.39 is 32.3 Å². The third kappa shape index (κ3) is 2.80. The van der Waals surface area contributed by atoms with Gasteiger partial charge in [0.15, 0.2) is 5.82 Å². The molecule has 1 aromatic carbocycles. The van der Waals surface area contributed by atoms with Crippen molar-refractivity contribution in [3.63, 3.8) is 0 Å². The number of halogens is 2. The van der Waals surface area contributed by atoms with E-state index in [-0.39, 0.29) is 10.4 Å². The van der Waals surface area contributed by atoms with Crippen LogP contribution in [0.15, 0.2) is 33.9 Å². The van der Waals surface area contributed by atoms with Crippen LogP contribution in [-0.4, -0.2) is 29.5 Å². The lowest BCUT2D eigenvalue weighted by molar-refractivity contribution is 0.0691. The highest BCUT2D eigenvalue weighted by Crippen LogP contribution is 2.25. The first kappa shape index (κ1) is 14.5. The van der Waals surface area contributed by atoms with Crippen LogP contribution < -0.4 is 4.72 Å². The number of benzene rings is 1. The monoisotopic (exact) mass is 363 g/mol. The number of nitrogens with zero attached hydrogens (tertiary/aromatic N) is 1. The molecule has 0 unspecified atom stereocenters. The van der Waals surface area contributed by atoms with Crippen molar-refractivity contribution in [1.82, 2.24) is 9.97 Å². The first-order valence-electron chi connectivity index (χ1n) is 5.06. The quantitative estimate of drug-likeness (QED) is 0.766. The Morgan fingerprint density at radius 1 is 1.45 bits per heavy atom. The molecule has 0 aliphatic heterocycles. The van der Waals surface area contributed by atoms with Crippen molar-refractivity contribution in [3.05, 3.63) is 40.4 Å². The molecule has 1 aromatic heterocycles. The predicted octanol–water partition coefficient (Wildman–Crippen LogP) is 1.81. The molecular formula is C10H7BrFN3O4S. The first-order valence-corrected chi connectivity index (χ1v) is 7.33. The number of sulfonamides is 1. The number of H-pyrrole nitrogens is 1. The van der Waals surface area contributed by atoms with Gasteiger partial charge in [-0.05, 0) is 12.1 Å². The second kappa shape index (κ2) is 5.21. The van der Waals surface area contributed by atoms with E-state index in [1.807, 2.05) is 4.72 Å². The smallest absolute Gasteiger partial charge is 0.338 e. The summed E-state index contributed by atoms with van der Waals surface area (Å²) in [7, 11) is -4.30. The minimum absolute atomic E-state index is 0.110. The number of aromatic amines is 1. The van der Waals surface area contributed by atoms with Crippen molar-refractivity contribution in [2.75, 3.05) is 4.72 Å². The first-order chi connectivity index (χ1) is 9.31. The molecule has 0 atom stereocenters. The van der Waals surface area contributed by atoms with Crippen molar-refractivity contribution in [2.24, 2.45) is 0 Å². The Labute approximate surface area is 121 Å². The summed E-state index contributed by atoms with van der Waals surface area (Å²) in [6, 6.07) is 1.94. The number of carboxylic acids is 1. The van der Waals surface area contributed by atoms with Crippen molar-refractivity contribution >= 4 is 37.9 Å². The van der Waals surface area contributed by atoms with Crippen LogP contribution in [0.2, 0.25) is 0 Å². The van der Waals surface area contributed by atoms with Gasteiger partial charge in [0.1, 0.15) is 4.90 Å². The minimum Gasteiger partial charge on any atom is -0.478 e. The van der Waals surface area contributed by atoms with Crippen LogP contribution >= 0.6 is 15.9 Å². The Morgan fingerprint density at radius 3 is 2.70 bits per heavy atom. The molecule has 0 fully saturated rings. The van der Waals surface area contributed by atoms with Crippen LogP contribution in [0.5, 0.6) is 0 Å². The summed E-state index contributed by atoms with van der Waals surface area (Å²) in [4.78, 5) is 16.2. The fraction of sp³-hybridized carbons (Fsp3) is 0. The molecule has 0 bridgehead atoms. The summed E-state index contributed by atoms with van der Waals surface area (Å²) >= 11 is 2.94. The number of imidazole rings is 1. The Balaban J connectivity index is 2.54. The third-order valence-corrected chi connectivity index (χ3v) is 4.05. The summed E-state index contributed by atoms with van der Waals surface area (Å²) in [6.07, 6.45) is 2.68. The Morgan fingerprint density at radius 2 is 2.15 bits per heavy atom. The van der Waals surface area contributed by atoms with E-state index in [2.05, 4.69) is 25.9 Å². The minimum atomic E-state index is -4.30. The topological polar surface area (TPSA) is 112 Å². The molecule has 10 heteroatoms. The van der Waals surface area contributed by atoms with Gasteiger partial charge in [0.25, 0.3) is 10.0 Å². The number of carbonyl (C=O) groups is 1. The zero-order chi connectivity index (χ0) is 14.9. The molecule has 1 heterocycles. The number of anilines is 1. The summed E-state index contributed by atoms with van der Waals surface area (Å²) < 4.78 is 40.1. The van der Waals surface area contributed by atoms with Crippen LogP contribution in [0.3, 0.4) is 0 Å². The summed E-state index contributed by atoms with van der Waals surface area (Å²) in [5.41, 5.74) is -0.751. The molecule has 0 saturated heterocycles. The van der Waals surface area contributed by atoms with Gasteiger partial charge < -0.3 is 10.1 Å². The van der Waals surface area contributed by atoms with Crippen molar-refractivity contribution in [2.45, 2.75) is 4.90 Å². The maximum absolute atomic E-state index is 14.0. The van der Waals surface area contributed by atoms with Crippen LogP contribution in [0.25, 0.3) is 0 Å². The number of rotatable bonds is 4. The lowest BCUT2D eigenvalue weighted by Gasteiger charge is -2.09. The highest BCUT2D eigenvalue weighted by Gasteiger charge is 2.25. The molecule has 0 amide bonds. The second-order valence-corrected chi connectivity index (χ2v) is 6.18. The van der Waals surface area contributed by atoms with Crippen LogP contribution in [0.1, 0.15) is 10.4 Å².